The lowest BCUT2D eigenvalue weighted by atomic mass is 10.2. The van der Waals surface area contributed by atoms with Crippen LogP contribution in [0.1, 0.15) is 30.1 Å². The molecule has 94 valence electrons. The van der Waals surface area contributed by atoms with Crippen molar-refractivity contribution in [2.75, 3.05) is 19.0 Å². The molecule has 1 aromatic heterocycles. The smallest absolute Gasteiger partial charge is 0.255 e. The van der Waals surface area contributed by atoms with E-state index in [1.54, 1.807) is 18.0 Å². The van der Waals surface area contributed by atoms with E-state index >= 15 is 0 Å². The molecule has 0 aliphatic carbocycles. The summed E-state index contributed by atoms with van der Waals surface area (Å²) in [4.78, 5) is 17.6. The van der Waals surface area contributed by atoms with Crippen molar-refractivity contribution >= 4 is 23.3 Å². The van der Waals surface area contributed by atoms with E-state index in [2.05, 4.69) is 17.3 Å². The average Bonchev–Trinajstić information content (AvgIpc) is 2.34. The van der Waals surface area contributed by atoms with E-state index in [1.165, 1.54) is 6.20 Å². The second kappa shape index (κ2) is 6.42. The van der Waals surface area contributed by atoms with Crippen LogP contribution >= 0.6 is 11.6 Å². The molecule has 0 spiro atoms. The summed E-state index contributed by atoms with van der Waals surface area (Å²) in [7, 11) is 1.76. The predicted octanol–water partition coefficient (Wildman–Crippen LogP) is 1.89. The van der Waals surface area contributed by atoms with E-state index in [0.717, 1.165) is 19.4 Å². The monoisotopic (exact) mass is 256 g/mol. The first-order valence-corrected chi connectivity index (χ1v) is 5.85. The quantitative estimate of drug-likeness (QED) is 0.623. The molecule has 0 saturated carbocycles. The van der Waals surface area contributed by atoms with E-state index in [0.29, 0.717) is 16.4 Å². The van der Waals surface area contributed by atoms with Crippen LogP contribution in [0.5, 0.6) is 0 Å². The first-order chi connectivity index (χ1) is 8.10. The zero-order chi connectivity index (χ0) is 12.8. The summed E-state index contributed by atoms with van der Waals surface area (Å²) in [5.74, 6) is 5.48. The fourth-order valence-corrected chi connectivity index (χ4v) is 1.60. The van der Waals surface area contributed by atoms with Crippen LogP contribution in [0.15, 0.2) is 12.3 Å². The maximum atomic E-state index is 12.0. The summed E-state index contributed by atoms with van der Waals surface area (Å²) in [6, 6.07) is 1.56. The molecule has 0 atom stereocenters. The van der Waals surface area contributed by atoms with Crippen molar-refractivity contribution < 1.29 is 4.79 Å². The zero-order valence-corrected chi connectivity index (χ0v) is 10.8. The lowest BCUT2D eigenvalue weighted by Gasteiger charge is -2.16. The van der Waals surface area contributed by atoms with Gasteiger partial charge in [0.1, 0.15) is 0 Å². The van der Waals surface area contributed by atoms with E-state index in [4.69, 9.17) is 17.4 Å². The Labute approximate surface area is 106 Å². The number of carbonyl (C=O) groups excluding carboxylic acids is 1. The molecule has 0 unspecified atom stereocenters. The number of nitrogens with zero attached hydrogens (tertiary/aromatic N) is 2. The van der Waals surface area contributed by atoms with Crippen LogP contribution in [0.4, 0.5) is 5.82 Å². The molecule has 0 radical (unpaired) electrons. The third-order valence-electron chi connectivity index (χ3n) is 2.42. The van der Waals surface area contributed by atoms with Gasteiger partial charge in [-0.1, -0.05) is 24.9 Å². The highest BCUT2D eigenvalue weighted by atomic mass is 35.5. The molecular weight excluding hydrogens is 240 g/mol. The van der Waals surface area contributed by atoms with Crippen molar-refractivity contribution in [1.29, 1.82) is 0 Å². The van der Waals surface area contributed by atoms with Gasteiger partial charge in [-0.25, -0.2) is 10.8 Å². The van der Waals surface area contributed by atoms with Gasteiger partial charge in [-0.05, 0) is 12.5 Å². The zero-order valence-electron chi connectivity index (χ0n) is 10.0. The Kier molecular flexibility index (Phi) is 5.18. The van der Waals surface area contributed by atoms with Gasteiger partial charge in [0, 0.05) is 19.8 Å². The second-order valence-electron chi connectivity index (χ2n) is 3.78. The number of pyridine rings is 1. The summed E-state index contributed by atoms with van der Waals surface area (Å²) >= 11 is 5.91. The van der Waals surface area contributed by atoms with Crippen molar-refractivity contribution in [3.63, 3.8) is 0 Å². The van der Waals surface area contributed by atoms with Gasteiger partial charge in [0.25, 0.3) is 5.91 Å². The number of rotatable bonds is 5. The fourth-order valence-electron chi connectivity index (χ4n) is 1.38. The molecule has 1 amide bonds. The number of nitrogen functional groups attached to an aromatic ring is 1. The molecular formula is C11H17ClN4O. The number of amides is 1. The number of hydrazine groups is 1. The third kappa shape index (κ3) is 3.57. The number of anilines is 1. The van der Waals surface area contributed by atoms with Gasteiger partial charge in [0.05, 0.1) is 10.6 Å². The van der Waals surface area contributed by atoms with Gasteiger partial charge >= 0.3 is 0 Å². The van der Waals surface area contributed by atoms with Crippen molar-refractivity contribution in [2.45, 2.75) is 19.8 Å². The summed E-state index contributed by atoms with van der Waals surface area (Å²) in [6.07, 6.45) is 3.49. The van der Waals surface area contributed by atoms with Gasteiger partial charge in [-0.3, -0.25) is 4.79 Å². The molecule has 0 aliphatic rings. The molecule has 0 fully saturated rings. The lowest BCUT2D eigenvalue weighted by Crippen LogP contribution is -2.27. The minimum atomic E-state index is -0.0866. The number of unbranched alkanes of at least 4 members (excludes halogenated alkanes) is 1. The molecule has 0 aromatic carbocycles. The van der Waals surface area contributed by atoms with E-state index in [1.807, 2.05) is 0 Å². The minimum absolute atomic E-state index is 0.0866. The molecule has 3 N–H and O–H groups in total. The van der Waals surface area contributed by atoms with Crippen LogP contribution < -0.4 is 11.3 Å². The lowest BCUT2D eigenvalue weighted by molar-refractivity contribution is 0.0793. The Morgan fingerprint density at radius 2 is 2.35 bits per heavy atom. The van der Waals surface area contributed by atoms with E-state index in [-0.39, 0.29) is 5.91 Å². The molecule has 0 aliphatic heterocycles. The molecule has 0 saturated heterocycles. The second-order valence-corrected chi connectivity index (χ2v) is 4.19. The highest BCUT2D eigenvalue weighted by Crippen LogP contribution is 2.19. The van der Waals surface area contributed by atoms with Crippen molar-refractivity contribution in [1.82, 2.24) is 9.88 Å². The molecule has 17 heavy (non-hydrogen) atoms. The molecule has 1 heterocycles. The number of nitrogens with one attached hydrogen (secondary N) is 1. The summed E-state index contributed by atoms with van der Waals surface area (Å²) in [6.45, 7) is 2.81. The SMILES string of the molecule is CCCCN(C)C(=O)c1cnc(NN)c(Cl)c1. The van der Waals surface area contributed by atoms with Crippen LogP contribution in [0.25, 0.3) is 0 Å². The Balaban J connectivity index is 2.78. The molecule has 1 aromatic rings. The van der Waals surface area contributed by atoms with E-state index in [9.17, 15) is 4.79 Å². The van der Waals surface area contributed by atoms with Crippen LogP contribution in [-0.4, -0.2) is 29.4 Å². The van der Waals surface area contributed by atoms with Gasteiger partial charge in [0.15, 0.2) is 5.82 Å². The van der Waals surface area contributed by atoms with Gasteiger partial charge in [0.2, 0.25) is 0 Å². The largest absolute Gasteiger partial charge is 0.342 e. The Morgan fingerprint density at radius 3 is 2.88 bits per heavy atom. The Bertz CT molecular complexity index is 397. The molecule has 1 rings (SSSR count). The molecule has 0 bridgehead atoms. The van der Waals surface area contributed by atoms with Crippen LogP contribution in [0.2, 0.25) is 5.02 Å². The maximum absolute atomic E-state index is 12.0. The predicted molar refractivity (Wildman–Crippen MR) is 68.9 cm³/mol. The third-order valence-corrected chi connectivity index (χ3v) is 2.71. The Morgan fingerprint density at radius 1 is 1.65 bits per heavy atom. The van der Waals surface area contributed by atoms with Crippen molar-refractivity contribution in [3.05, 3.63) is 22.8 Å². The highest BCUT2D eigenvalue weighted by molar-refractivity contribution is 6.33. The normalized spacial score (nSPS) is 10.1. The standard InChI is InChI=1S/C11H17ClN4O/c1-3-4-5-16(2)11(17)8-6-9(12)10(15-13)14-7-8/h6-7H,3-5,13H2,1-2H3,(H,14,15). The van der Waals surface area contributed by atoms with Gasteiger partial charge < -0.3 is 10.3 Å². The number of nitrogens with two attached hydrogens (primary N) is 1. The van der Waals surface area contributed by atoms with E-state index < -0.39 is 0 Å². The first kappa shape index (κ1) is 13.7. The maximum Gasteiger partial charge on any atom is 0.255 e. The fraction of sp³-hybridized carbons (Fsp3) is 0.455. The highest BCUT2D eigenvalue weighted by Gasteiger charge is 2.13. The number of aromatic nitrogens is 1. The van der Waals surface area contributed by atoms with Crippen molar-refractivity contribution in [3.8, 4) is 0 Å². The number of hydrogen-bond acceptors (Lipinski definition) is 4. The van der Waals surface area contributed by atoms with Crippen molar-refractivity contribution in [2.24, 2.45) is 5.84 Å². The minimum Gasteiger partial charge on any atom is -0.342 e. The molecule has 5 nitrogen and oxygen atoms in total. The average molecular weight is 257 g/mol. The topological polar surface area (TPSA) is 71.2 Å². The van der Waals surface area contributed by atoms with Crippen LogP contribution in [0.3, 0.4) is 0 Å². The number of carbonyl (C=O) groups is 1. The first-order valence-electron chi connectivity index (χ1n) is 5.47. The van der Waals surface area contributed by atoms with Crippen LogP contribution in [0, 0.1) is 0 Å². The van der Waals surface area contributed by atoms with Gasteiger partial charge in [-0.2, -0.15) is 0 Å². The summed E-state index contributed by atoms with van der Waals surface area (Å²) in [5.41, 5.74) is 2.82. The summed E-state index contributed by atoms with van der Waals surface area (Å²) < 4.78 is 0. The Hall–Kier alpha value is -1.33. The molecule has 6 heteroatoms. The number of hydrogen-bond donors (Lipinski definition) is 2. The van der Waals surface area contributed by atoms with Crippen LogP contribution in [-0.2, 0) is 0 Å². The number of halogens is 1. The van der Waals surface area contributed by atoms with Gasteiger partial charge in [-0.15, -0.1) is 0 Å². The summed E-state index contributed by atoms with van der Waals surface area (Å²) in [5, 5.41) is 0.335.